The number of carbonyl (C=O) groups is 1. The van der Waals surface area contributed by atoms with Crippen LogP contribution in [0.2, 0.25) is 10.0 Å². The number of aryl methyl sites for hydroxylation is 1. The Balaban J connectivity index is 2.33. The Bertz CT molecular complexity index is 732. The van der Waals surface area contributed by atoms with Crippen LogP contribution >= 0.6 is 23.2 Å². The van der Waals surface area contributed by atoms with Gasteiger partial charge < -0.3 is 5.32 Å². The van der Waals surface area contributed by atoms with Gasteiger partial charge in [0.2, 0.25) is 0 Å². The van der Waals surface area contributed by atoms with Crippen LogP contribution in [0.25, 0.3) is 0 Å². The number of anilines is 1. The first kappa shape index (κ1) is 15.3. The Labute approximate surface area is 130 Å². The fourth-order valence-electron chi connectivity index (χ4n) is 1.76. The van der Waals surface area contributed by atoms with Crippen LogP contribution in [0.1, 0.15) is 15.9 Å². The molecule has 0 aromatic heterocycles. The van der Waals surface area contributed by atoms with E-state index >= 15 is 0 Å². The smallest absolute Gasteiger partial charge is 0.290 e. The second kappa shape index (κ2) is 6.11. The summed E-state index contributed by atoms with van der Waals surface area (Å²) in [5.74, 6) is -0.498. The molecule has 1 N–H and O–H groups in total. The van der Waals surface area contributed by atoms with E-state index in [1.165, 1.54) is 6.07 Å². The number of rotatable bonds is 3. The van der Waals surface area contributed by atoms with Crippen LogP contribution in [0.4, 0.5) is 11.4 Å². The maximum absolute atomic E-state index is 12.1. The van der Waals surface area contributed by atoms with E-state index in [1.54, 1.807) is 18.2 Å². The highest BCUT2D eigenvalue weighted by Gasteiger charge is 2.20. The summed E-state index contributed by atoms with van der Waals surface area (Å²) in [5, 5.41) is 13.3. The fraction of sp³-hybridized carbons (Fsp3) is 0.0714. The number of benzene rings is 2. The maximum atomic E-state index is 12.1. The molecule has 7 heteroatoms. The van der Waals surface area contributed by atoms with E-state index in [4.69, 9.17) is 23.2 Å². The van der Waals surface area contributed by atoms with Gasteiger partial charge in [-0.3, -0.25) is 14.9 Å². The van der Waals surface area contributed by atoms with Crippen molar-refractivity contribution in [3.05, 3.63) is 67.7 Å². The van der Waals surface area contributed by atoms with Gasteiger partial charge in [0.05, 0.1) is 9.95 Å². The Morgan fingerprint density at radius 1 is 1.24 bits per heavy atom. The molecular formula is C14H10Cl2N2O3. The average Bonchev–Trinajstić information content (AvgIpc) is 2.41. The largest absolute Gasteiger partial charge is 0.322 e. The monoisotopic (exact) mass is 324 g/mol. The molecule has 108 valence electrons. The Morgan fingerprint density at radius 3 is 2.57 bits per heavy atom. The van der Waals surface area contributed by atoms with Crippen molar-refractivity contribution in [2.45, 2.75) is 6.92 Å². The number of halogens is 2. The number of amides is 1. The number of nitrogens with one attached hydrogen (secondary N) is 1. The van der Waals surface area contributed by atoms with Crippen molar-refractivity contribution in [2.24, 2.45) is 0 Å². The van der Waals surface area contributed by atoms with E-state index in [0.29, 0.717) is 5.69 Å². The zero-order valence-electron chi connectivity index (χ0n) is 10.9. The maximum Gasteiger partial charge on any atom is 0.290 e. The van der Waals surface area contributed by atoms with E-state index in [1.807, 2.05) is 13.0 Å². The van der Waals surface area contributed by atoms with Gasteiger partial charge in [-0.2, -0.15) is 0 Å². The van der Waals surface area contributed by atoms with Crippen molar-refractivity contribution in [2.75, 3.05) is 5.32 Å². The molecule has 1 amide bonds. The average molecular weight is 325 g/mol. The number of carbonyl (C=O) groups excluding carboxylic acids is 1. The highest BCUT2D eigenvalue weighted by Crippen LogP contribution is 2.33. The molecular weight excluding hydrogens is 315 g/mol. The molecule has 0 radical (unpaired) electrons. The number of nitro benzene ring substituents is 1. The minimum Gasteiger partial charge on any atom is -0.322 e. The van der Waals surface area contributed by atoms with Crippen LogP contribution in [0.15, 0.2) is 36.4 Å². The van der Waals surface area contributed by atoms with E-state index in [2.05, 4.69) is 5.32 Å². The van der Waals surface area contributed by atoms with E-state index in [9.17, 15) is 14.9 Å². The Morgan fingerprint density at radius 2 is 1.95 bits per heavy atom. The second-order valence-electron chi connectivity index (χ2n) is 4.37. The summed E-state index contributed by atoms with van der Waals surface area (Å²) in [6.07, 6.45) is 0. The molecule has 5 nitrogen and oxygen atoms in total. The topological polar surface area (TPSA) is 72.2 Å². The lowest BCUT2D eigenvalue weighted by Crippen LogP contribution is -2.12. The lowest BCUT2D eigenvalue weighted by molar-refractivity contribution is -0.384. The van der Waals surface area contributed by atoms with Gasteiger partial charge in [-0.05, 0) is 30.7 Å². The van der Waals surface area contributed by atoms with Crippen molar-refractivity contribution < 1.29 is 9.72 Å². The zero-order valence-corrected chi connectivity index (χ0v) is 12.4. The summed E-state index contributed by atoms with van der Waals surface area (Å²) in [6, 6.07) is 9.57. The summed E-state index contributed by atoms with van der Waals surface area (Å²) in [5.41, 5.74) is 1.23. The molecule has 0 saturated carbocycles. The third-order valence-corrected chi connectivity index (χ3v) is 3.54. The van der Waals surface area contributed by atoms with Gasteiger partial charge in [-0.1, -0.05) is 35.3 Å². The minimum absolute atomic E-state index is 0.0414. The number of hydrogen-bond acceptors (Lipinski definition) is 3. The van der Waals surface area contributed by atoms with Crippen molar-refractivity contribution >= 4 is 40.5 Å². The van der Waals surface area contributed by atoms with Crippen molar-refractivity contribution in [3.8, 4) is 0 Å². The molecule has 0 heterocycles. The van der Waals surface area contributed by atoms with E-state index < -0.39 is 16.5 Å². The number of nitro groups is 1. The molecule has 0 aliphatic heterocycles. The van der Waals surface area contributed by atoms with Gasteiger partial charge in [0, 0.05) is 17.3 Å². The summed E-state index contributed by atoms with van der Waals surface area (Å²) in [6.45, 7) is 1.89. The van der Waals surface area contributed by atoms with Gasteiger partial charge in [0.25, 0.3) is 11.6 Å². The lowest BCUT2D eigenvalue weighted by atomic mass is 10.1. The highest BCUT2D eigenvalue weighted by atomic mass is 35.5. The van der Waals surface area contributed by atoms with Crippen molar-refractivity contribution in [1.29, 1.82) is 0 Å². The summed E-state index contributed by atoms with van der Waals surface area (Å²) < 4.78 is 0. The van der Waals surface area contributed by atoms with Gasteiger partial charge >= 0.3 is 0 Å². The standard InChI is InChI=1S/C14H10Cl2N2O3/c1-8-3-2-4-10(5-8)17-14(19)9-6-11(15)13(16)12(7-9)18(20)21/h2-7H,1H3,(H,17,19). The van der Waals surface area contributed by atoms with E-state index in [-0.39, 0.29) is 15.6 Å². The highest BCUT2D eigenvalue weighted by molar-refractivity contribution is 6.43. The van der Waals surface area contributed by atoms with Crippen molar-refractivity contribution in [1.82, 2.24) is 0 Å². The molecule has 0 aliphatic carbocycles. The molecule has 0 saturated heterocycles. The first-order chi connectivity index (χ1) is 9.88. The molecule has 0 fully saturated rings. The first-order valence-corrected chi connectivity index (χ1v) is 6.65. The lowest BCUT2D eigenvalue weighted by Gasteiger charge is -2.07. The van der Waals surface area contributed by atoms with Crippen LogP contribution in [0.5, 0.6) is 0 Å². The quantitative estimate of drug-likeness (QED) is 0.669. The predicted molar refractivity (Wildman–Crippen MR) is 82.2 cm³/mol. The first-order valence-electron chi connectivity index (χ1n) is 5.90. The SMILES string of the molecule is Cc1cccc(NC(=O)c2cc(Cl)c(Cl)c([N+](=O)[O-])c2)c1. The van der Waals surface area contributed by atoms with Crippen LogP contribution < -0.4 is 5.32 Å². The second-order valence-corrected chi connectivity index (χ2v) is 5.16. The molecule has 2 aromatic carbocycles. The third-order valence-electron chi connectivity index (χ3n) is 2.74. The molecule has 21 heavy (non-hydrogen) atoms. The molecule has 0 aliphatic rings. The molecule has 0 unspecified atom stereocenters. The van der Waals surface area contributed by atoms with E-state index in [0.717, 1.165) is 11.6 Å². The predicted octanol–water partition coefficient (Wildman–Crippen LogP) is 4.46. The van der Waals surface area contributed by atoms with Crippen LogP contribution in [0, 0.1) is 17.0 Å². The van der Waals surface area contributed by atoms with Gasteiger partial charge in [-0.25, -0.2) is 0 Å². The summed E-state index contributed by atoms with van der Waals surface area (Å²) >= 11 is 11.6. The minimum atomic E-state index is -0.683. The van der Waals surface area contributed by atoms with Gasteiger partial charge in [0.1, 0.15) is 5.02 Å². The Hall–Kier alpha value is -2.11. The summed E-state index contributed by atoms with van der Waals surface area (Å²) in [7, 11) is 0. The van der Waals surface area contributed by atoms with Gasteiger partial charge in [0.15, 0.2) is 0 Å². The molecule has 2 rings (SSSR count). The summed E-state index contributed by atoms with van der Waals surface area (Å²) in [4.78, 5) is 22.3. The number of nitrogens with zero attached hydrogens (tertiary/aromatic N) is 1. The fourth-order valence-corrected chi connectivity index (χ4v) is 2.16. The molecule has 0 atom stereocenters. The van der Waals surface area contributed by atoms with Gasteiger partial charge in [-0.15, -0.1) is 0 Å². The van der Waals surface area contributed by atoms with Crippen LogP contribution in [-0.4, -0.2) is 10.8 Å². The molecule has 2 aromatic rings. The number of hydrogen-bond donors (Lipinski definition) is 1. The zero-order chi connectivity index (χ0) is 15.6. The van der Waals surface area contributed by atoms with Crippen LogP contribution in [-0.2, 0) is 0 Å². The van der Waals surface area contributed by atoms with Crippen molar-refractivity contribution in [3.63, 3.8) is 0 Å². The third kappa shape index (κ3) is 3.51. The molecule has 0 bridgehead atoms. The normalized spacial score (nSPS) is 10.2. The van der Waals surface area contributed by atoms with Crippen LogP contribution in [0.3, 0.4) is 0 Å². The Kier molecular flexibility index (Phi) is 4.45. The molecule has 0 spiro atoms.